The minimum atomic E-state index is -3.68. The normalized spacial score (nSPS) is 16.8. The fourth-order valence-electron chi connectivity index (χ4n) is 2.68. The summed E-state index contributed by atoms with van der Waals surface area (Å²) < 4.78 is 32.8. The molecule has 6 nitrogen and oxygen atoms in total. The number of nitrogens with zero attached hydrogens (tertiary/aromatic N) is 3. The largest absolute Gasteiger partial charge is 0.474 e. The number of aryl methyl sites for hydroxylation is 1. The molecule has 25 heavy (non-hydrogen) atoms. The Balaban J connectivity index is 1.68. The Morgan fingerprint density at radius 3 is 2.60 bits per heavy atom. The number of sulfonamides is 1. The van der Waals surface area contributed by atoms with Gasteiger partial charge in [-0.15, -0.1) is 0 Å². The fraction of sp³-hybridized carbons (Fsp3) is 0.375. The standard InChI is InChI=1S/C16H17Cl2N3O3S/c1-11-19-7-4-16(20-11)24-13-5-8-21(9-6-13)25(22,23)15-10-12(17)2-3-14(15)18/h2-4,7,10,13H,5-6,8-9H2,1H3. The summed E-state index contributed by atoms with van der Waals surface area (Å²) in [6.45, 7) is 2.48. The third-order valence-electron chi connectivity index (χ3n) is 3.95. The van der Waals surface area contributed by atoms with Crippen LogP contribution in [0.4, 0.5) is 0 Å². The van der Waals surface area contributed by atoms with Crippen LogP contribution in [0, 0.1) is 6.92 Å². The van der Waals surface area contributed by atoms with Crippen LogP contribution in [0.2, 0.25) is 10.0 Å². The van der Waals surface area contributed by atoms with Crippen LogP contribution in [0.3, 0.4) is 0 Å². The van der Waals surface area contributed by atoms with E-state index in [0.29, 0.717) is 42.7 Å². The number of benzene rings is 1. The van der Waals surface area contributed by atoms with Crippen LogP contribution < -0.4 is 4.74 Å². The molecule has 3 rings (SSSR count). The predicted molar refractivity (Wildman–Crippen MR) is 95.6 cm³/mol. The summed E-state index contributed by atoms with van der Waals surface area (Å²) in [4.78, 5) is 8.27. The third-order valence-corrected chi connectivity index (χ3v) is 6.57. The zero-order valence-electron chi connectivity index (χ0n) is 13.5. The molecule has 1 fully saturated rings. The summed E-state index contributed by atoms with van der Waals surface area (Å²) >= 11 is 12.0. The first-order valence-corrected chi connectivity index (χ1v) is 9.97. The number of piperidine rings is 1. The number of hydrogen-bond acceptors (Lipinski definition) is 5. The van der Waals surface area contributed by atoms with E-state index in [-0.39, 0.29) is 16.0 Å². The molecule has 9 heteroatoms. The molecular weight excluding hydrogens is 385 g/mol. The van der Waals surface area contributed by atoms with Crippen LogP contribution in [0.1, 0.15) is 18.7 Å². The smallest absolute Gasteiger partial charge is 0.244 e. The number of aromatic nitrogens is 2. The SMILES string of the molecule is Cc1nccc(OC2CCN(S(=O)(=O)c3cc(Cl)ccc3Cl)CC2)n1. The lowest BCUT2D eigenvalue weighted by molar-refractivity contribution is 0.129. The van der Waals surface area contributed by atoms with Gasteiger partial charge in [0.25, 0.3) is 0 Å². The van der Waals surface area contributed by atoms with Crippen LogP contribution in [-0.2, 0) is 10.0 Å². The van der Waals surface area contributed by atoms with E-state index in [1.54, 1.807) is 25.3 Å². The van der Waals surface area contributed by atoms with E-state index in [0.717, 1.165) is 0 Å². The van der Waals surface area contributed by atoms with E-state index in [1.165, 1.54) is 16.4 Å². The quantitative estimate of drug-likeness (QED) is 0.785. The lowest BCUT2D eigenvalue weighted by atomic mass is 10.1. The summed E-state index contributed by atoms with van der Waals surface area (Å²) in [5.74, 6) is 1.14. The molecular formula is C16H17Cl2N3O3S. The van der Waals surface area contributed by atoms with Gasteiger partial charge in [0.2, 0.25) is 15.9 Å². The van der Waals surface area contributed by atoms with Crippen LogP contribution in [0.15, 0.2) is 35.4 Å². The molecule has 2 aromatic rings. The Hall–Kier alpha value is -1.41. The molecule has 1 aromatic carbocycles. The second-order valence-corrected chi connectivity index (χ2v) is 8.49. The van der Waals surface area contributed by atoms with Crippen LogP contribution in [0.5, 0.6) is 5.88 Å². The van der Waals surface area contributed by atoms with Gasteiger partial charge in [0.15, 0.2) is 0 Å². The molecule has 1 aromatic heterocycles. The molecule has 0 unspecified atom stereocenters. The van der Waals surface area contributed by atoms with Crippen molar-refractivity contribution in [3.05, 3.63) is 46.3 Å². The second-order valence-electron chi connectivity index (χ2n) is 5.74. The highest BCUT2D eigenvalue weighted by Crippen LogP contribution is 2.29. The first-order chi connectivity index (χ1) is 11.9. The summed E-state index contributed by atoms with van der Waals surface area (Å²) in [5, 5.41) is 0.500. The van der Waals surface area contributed by atoms with Crippen LogP contribution >= 0.6 is 23.2 Å². The molecule has 0 N–H and O–H groups in total. The maximum Gasteiger partial charge on any atom is 0.244 e. The molecule has 1 aliphatic rings. The van der Waals surface area contributed by atoms with Gasteiger partial charge in [0.05, 0.1) is 5.02 Å². The molecule has 0 atom stereocenters. The van der Waals surface area contributed by atoms with E-state index in [4.69, 9.17) is 27.9 Å². The highest BCUT2D eigenvalue weighted by molar-refractivity contribution is 7.89. The minimum Gasteiger partial charge on any atom is -0.474 e. The molecule has 0 amide bonds. The minimum absolute atomic E-state index is 0.0347. The molecule has 0 saturated carbocycles. The van der Waals surface area contributed by atoms with Gasteiger partial charge >= 0.3 is 0 Å². The monoisotopic (exact) mass is 401 g/mol. The zero-order valence-corrected chi connectivity index (χ0v) is 15.9. The van der Waals surface area contributed by atoms with E-state index >= 15 is 0 Å². The first-order valence-electron chi connectivity index (χ1n) is 7.78. The van der Waals surface area contributed by atoms with Crippen molar-refractivity contribution in [3.8, 4) is 5.88 Å². The molecule has 134 valence electrons. The number of halogens is 2. The van der Waals surface area contributed by atoms with E-state index < -0.39 is 10.0 Å². The zero-order chi connectivity index (χ0) is 18.0. The summed E-state index contributed by atoms with van der Waals surface area (Å²) in [5.41, 5.74) is 0. The van der Waals surface area contributed by atoms with Gasteiger partial charge < -0.3 is 4.74 Å². The van der Waals surface area contributed by atoms with E-state index in [1.807, 2.05) is 0 Å². The predicted octanol–water partition coefficient (Wildman–Crippen LogP) is 3.32. The molecule has 1 saturated heterocycles. The van der Waals surface area contributed by atoms with Gasteiger partial charge in [0.1, 0.15) is 16.8 Å². The molecule has 1 aliphatic heterocycles. The summed E-state index contributed by atoms with van der Waals surface area (Å²) in [7, 11) is -3.68. The topological polar surface area (TPSA) is 72.4 Å². The number of ether oxygens (including phenoxy) is 1. The average molecular weight is 402 g/mol. The van der Waals surface area contributed by atoms with Gasteiger partial charge in [-0.25, -0.2) is 13.4 Å². The Bertz CT molecular complexity index is 869. The van der Waals surface area contributed by atoms with Crippen molar-refractivity contribution in [2.75, 3.05) is 13.1 Å². The summed E-state index contributed by atoms with van der Waals surface area (Å²) in [6, 6.07) is 6.13. The molecule has 0 radical (unpaired) electrons. The van der Waals surface area contributed by atoms with Gasteiger partial charge in [-0.05, 0) is 38.0 Å². The van der Waals surface area contributed by atoms with Gasteiger partial charge in [-0.3, -0.25) is 0 Å². The van der Waals surface area contributed by atoms with Crippen molar-refractivity contribution in [3.63, 3.8) is 0 Å². The lowest BCUT2D eigenvalue weighted by Gasteiger charge is -2.31. The highest BCUT2D eigenvalue weighted by Gasteiger charge is 2.31. The molecule has 0 aliphatic carbocycles. The Morgan fingerprint density at radius 2 is 1.92 bits per heavy atom. The van der Waals surface area contributed by atoms with Crippen molar-refractivity contribution in [2.24, 2.45) is 0 Å². The molecule has 0 bridgehead atoms. The highest BCUT2D eigenvalue weighted by atomic mass is 35.5. The van der Waals surface area contributed by atoms with Gasteiger partial charge in [-0.2, -0.15) is 9.29 Å². The number of hydrogen-bond donors (Lipinski definition) is 0. The Morgan fingerprint density at radius 1 is 1.20 bits per heavy atom. The fourth-order valence-corrected chi connectivity index (χ4v) is 4.88. The van der Waals surface area contributed by atoms with Crippen molar-refractivity contribution in [2.45, 2.75) is 30.8 Å². The average Bonchev–Trinajstić information content (AvgIpc) is 2.57. The second kappa shape index (κ2) is 7.45. The van der Waals surface area contributed by atoms with Crippen molar-refractivity contribution in [1.29, 1.82) is 0 Å². The van der Waals surface area contributed by atoms with E-state index in [2.05, 4.69) is 9.97 Å². The van der Waals surface area contributed by atoms with Crippen molar-refractivity contribution < 1.29 is 13.2 Å². The van der Waals surface area contributed by atoms with Crippen LogP contribution in [0.25, 0.3) is 0 Å². The Kier molecular flexibility index (Phi) is 5.48. The molecule has 0 spiro atoms. The van der Waals surface area contributed by atoms with Gasteiger partial charge in [-0.1, -0.05) is 23.2 Å². The molecule has 2 heterocycles. The van der Waals surface area contributed by atoms with E-state index in [9.17, 15) is 8.42 Å². The van der Waals surface area contributed by atoms with Gasteiger partial charge in [0, 0.05) is 30.4 Å². The third kappa shape index (κ3) is 4.23. The maximum absolute atomic E-state index is 12.8. The first kappa shape index (κ1) is 18.4. The van der Waals surface area contributed by atoms with Crippen LogP contribution in [-0.4, -0.2) is 41.9 Å². The Labute approximate surface area is 156 Å². The maximum atomic E-state index is 12.8. The summed E-state index contributed by atoms with van der Waals surface area (Å²) in [6.07, 6.45) is 2.69. The van der Waals surface area contributed by atoms with Crippen molar-refractivity contribution in [1.82, 2.24) is 14.3 Å². The lowest BCUT2D eigenvalue weighted by Crippen LogP contribution is -2.41. The van der Waals surface area contributed by atoms with Crippen molar-refractivity contribution >= 4 is 33.2 Å². The number of rotatable bonds is 4.